The van der Waals surface area contributed by atoms with Crippen LogP contribution in [0, 0.1) is 0 Å². The van der Waals surface area contributed by atoms with E-state index in [0.29, 0.717) is 22.2 Å². The molecule has 1 N–H and O–H groups in total. The molecule has 1 aromatic carbocycles. The summed E-state index contributed by atoms with van der Waals surface area (Å²) in [6, 6.07) is 3.22. The largest absolute Gasteiger partial charge is 0.497 e. The zero-order valence-electron chi connectivity index (χ0n) is 9.17. The van der Waals surface area contributed by atoms with Crippen molar-refractivity contribution in [2.45, 2.75) is 6.92 Å². The molecule has 1 rings (SSSR count). The maximum atomic E-state index is 10.6. The lowest BCUT2D eigenvalue weighted by atomic mass is 10.3. The van der Waals surface area contributed by atoms with Gasteiger partial charge < -0.3 is 14.3 Å². The number of benzene rings is 1. The highest BCUT2D eigenvalue weighted by Gasteiger charge is 2.11. The number of nitrogens with one attached hydrogen (secondary N) is 1. The smallest absolute Gasteiger partial charge is 0.329 e. The van der Waals surface area contributed by atoms with Crippen molar-refractivity contribution < 1.29 is 19.1 Å². The molecule has 0 atom stereocenters. The Hall–Kier alpha value is -1.62. The Labute approximate surface area is 98.2 Å². The molecule has 0 unspecified atom stereocenters. The quantitative estimate of drug-likeness (QED) is 0.825. The molecule has 6 heteroatoms. The van der Waals surface area contributed by atoms with Gasteiger partial charge in [-0.05, 0) is 0 Å². The molecule has 16 heavy (non-hydrogen) atoms. The van der Waals surface area contributed by atoms with Crippen molar-refractivity contribution in [3.63, 3.8) is 0 Å². The molecule has 0 amide bonds. The third kappa shape index (κ3) is 2.93. The molecule has 0 saturated heterocycles. The Morgan fingerprint density at radius 1 is 1.31 bits per heavy atom. The maximum Gasteiger partial charge on any atom is 0.329 e. The molecule has 1 aromatic rings. The van der Waals surface area contributed by atoms with Crippen molar-refractivity contribution in [1.29, 1.82) is 0 Å². The van der Waals surface area contributed by atoms with E-state index in [1.807, 2.05) is 0 Å². The molecule has 0 radical (unpaired) electrons. The van der Waals surface area contributed by atoms with Gasteiger partial charge in [0.25, 0.3) is 0 Å². The molecule has 0 aliphatic heterocycles. The predicted octanol–water partition coefficient (Wildman–Crippen LogP) is 2.25. The van der Waals surface area contributed by atoms with Crippen LogP contribution in [0.15, 0.2) is 12.1 Å². The number of hydrogen-bond donors (Lipinski definition) is 1. The number of rotatable bonds is 4. The van der Waals surface area contributed by atoms with Gasteiger partial charge in [-0.1, -0.05) is 11.6 Å². The van der Waals surface area contributed by atoms with Crippen molar-refractivity contribution in [3.8, 4) is 11.5 Å². The van der Waals surface area contributed by atoms with Crippen molar-refractivity contribution >= 4 is 23.3 Å². The molecule has 88 valence electrons. The molecule has 5 nitrogen and oxygen atoms in total. The predicted molar refractivity (Wildman–Crippen MR) is 59.9 cm³/mol. The highest BCUT2D eigenvalue weighted by Crippen LogP contribution is 2.36. The van der Waals surface area contributed by atoms with Crippen molar-refractivity contribution in [2.75, 3.05) is 19.7 Å². The summed E-state index contributed by atoms with van der Waals surface area (Å²) in [6.45, 7) is 1.28. The Morgan fingerprint density at radius 2 is 2.00 bits per heavy atom. The van der Waals surface area contributed by atoms with E-state index in [0.717, 1.165) is 0 Å². The third-order valence-corrected chi connectivity index (χ3v) is 2.16. The fourth-order valence-electron chi connectivity index (χ4n) is 1.04. The number of carbonyl (C=O) groups excluding carboxylic acids is 1. The molecular formula is C10H12ClNO4. The van der Waals surface area contributed by atoms with E-state index in [1.54, 1.807) is 12.1 Å². The second-order valence-corrected chi connectivity index (χ2v) is 3.26. The molecule has 0 bridgehead atoms. The number of methoxy groups -OCH3 is 2. The van der Waals surface area contributed by atoms with E-state index in [4.69, 9.17) is 21.1 Å². The standard InChI is InChI=1S/C10H12ClNO4/c1-6(13)16-12-8-4-7(14-2)5-9(15-3)10(8)11/h4-5,12H,1-3H3. The first-order valence-corrected chi connectivity index (χ1v) is 4.81. The van der Waals surface area contributed by atoms with E-state index in [2.05, 4.69) is 10.3 Å². The van der Waals surface area contributed by atoms with Crippen LogP contribution in [0.2, 0.25) is 5.02 Å². The zero-order chi connectivity index (χ0) is 12.1. The molecule has 0 aromatic heterocycles. The van der Waals surface area contributed by atoms with Gasteiger partial charge >= 0.3 is 5.97 Å². The Balaban J connectivity index is 3.01. The minimum Gasteiger partial charge on any atom is -0.497 e. The Bertz CT molecular complexity index is 395. The van der Waals surface area contributed by atoms with E-state index in [9.17, 15) is 4.79 Å². The van der Waals surface area contributed by atoms with E-state index >= 15 is 0 Å². The number of anilines is 1. The third-order valence-electron chi connectivity index (χ3n) is 1.77. The van der Waals surface area contributed by atoms with Gasteiger partial charge in [0.15, 0.2) is 0 Å². The number of hydrogen-bond acceptors (Lipinski definition) is 5. The first-order chi connectivity index (χ1) is 7.58. The summed E-state index contributed by atoms with van der Waals surface area (Å²) < 4.78 is 10.1. The minimum atomic E-state index is -0.474. The number of carbonyl (C=O) groups is 1. The van der Waals surface area contributed by atoms with Crippen LogP contribution in [-0.4, -0.2) is 20.2 Å². The summed E-state index contributed by atoms with van der Waals surface area (Å²) in [5, 5.41) is 0.310. The van der Waals surface area contributed by atoms with E-state index < -0.39 is 5.97 Å². The second-order valence-electron chi connectivity index (χ2n) is 2.89. The average Bonchev–Trinajstić information content (AvgIpc) is 2.27. The van der Waals surface area contributed by atoms with Gasteiger partial charge in [0.1, 0.15) is 16.5 Å². The van der Waals surface area contributed by atoms with Gasteiger partial charge in [0.05, 0.1) is 19.9 Å². The van der Waals surface area contributed by atoms with Crippen LogP contribution < -0.4 is 15.0 Å². The van der Waals surface area contributed by atoms with Gasteiger partial charge in [-0.3, -0.25) is 4.79 Å². The summed E-state index contributed by atoms with van der Waals surface area (Å²) >= 11 is 5.99. The van der Waals surface area contributed by atoms with Gasteiger partial charge in [-0.25, -0.2) is 5.48 Å². The van der Waals surface area contributed by atoms with Crippen molar-refractivity contribution in [2.24, 2.45) is 0 Å². The van der Waals surface area contributed by atoms with E-state index in [1.165, 1.54) is 21.1 Å². The van der Waals surface area contributed by atoms with Gasteiger partial charge in [0.2, 0.25) is 0 Å². The first-order valence-electron chi connectivity index (χ1n) is 4.43. The molecule has 0 spiro atoms. The molecule has 0 saturated carbocycles. The highest BCUT2D eigenvalue weighted by atomic mass is 35.5. The molecule has 0 fully saturated rings. The lowest BCUT2D eigenvalue weighted by molar-refractivity contribution is -0.138. The molecule has 0 heterocycles. The van der Waals surface area contributed by atoms with Gasteiger partial charge in [0, 0.05) is 19.1 Å². The minimum absolute atomic E-state index is 0.310. The van der Waals surface area contributed by atoms with Crippen LogP contribution in [0.4, 0.5) is 5.69 Å². The number of ether oxygens (including phenoxy) is 2. The van der Waals surface area contributed by atoms with Crippen LogP contribution in [0.25, 0.3) is 0 Å². The van der Waals surface area contributed by atoms with Crippen LogP contribution in [0.1, 0.15) is 6.92 Å². The normalized spacial score (nSPS) is 9.50. The SMILES string of the molecule is COc1cc(NOC(C)=O)c(Cl)c(OC)c1. The lowest BCUT2D eigenvalue weighted by Crippen LogP contribution is -2.07. The summed E-state index contributed by atoms with van der Waals surface area (Å²) in [4.78, 5) is 15.3. The highest BCUT2D eigenvalue weighted by molar-refractivity contribution is 6.34. The second kappa shape index (κ2) is 5.46. The average molecular weight is 246 g/mol. The first kappa shape index (κ1) is 12.4. The Kier molecular flexibility index (Phi) is 4.25. The molecule has 0 aliphatic rings. The zero-order valence-corrected chi connectivity index (χ0v) is 9.92. The summed E-state index contributed by atoms with van der Waals surface area (Å²) in [7, 11) is 2.99. The van der Waals surface area contributed by atoms with Crippen LogP contribution in [0.5, 0.6) is 11.5 Å². The number of halogens is 1. The fourth-order valence-corrected chi connectivity index (χ4v) is 1.26. The maximum absolute atomic E-state index is 10.6. The van der Waals surface area contributed by atoms with E-state index in [-0.39, 0.29) is 0 Å². The van der Waals surface area contributed by atoms with Crippen LogP contribution in [-0.2, 0) is 9.63 Å². The summed E-state index contributed by atoms with van der Waals surface area (Å²) in [6.07, 6.45) is 0. The van der Waals surface area contributed by atoms with Crippen molar-refractivity contribution in [1.82, 2.24) is 0 Å². The lowest BCUT2D eigenvalue weighted by Gasteiger charge is -2.12. The van der Waals surface area contributed by atoms with Crippen LogP contribution >= 0.6 is 11.6 Å². The van der Waals surface area contributed by atoms with Gasteiger partial charge in [-0.2, -0.15) is 0 Å². The molecular weight excluding hydrogens is 234 g/mol. The fraction of sp³-hybridized carbons (Fsp3) is 0.300. The summed E-state index contributed by atoms with van der Waals surface area (Å²) in [5.74, 6) is 0.490. The summed E-state index contributed by atoms with van der Waals surface area (Å²) in [5.41, 5.74) is 2.82. The Morgan fingerprint density at radius 3 is 2.50 bits per heavy atom. The molecule has 0 aliphatic carbocycles. The topological polar surface area (TPSA) is 56.8 Å². The monoisotopic (exact) mass is 245 g/mol. The van der Waals surface area contributed by atoms with Gasteiger partial charge in [-0.15, -0.1) is 0 Å². The van der Waals surface area contributed by atoms with Crippen molar-refractivity contribution in [3.05, 3.63) is 17.2 Å². The van der Waals surface area contributed by atoms with Crippen LogP contribution in [0.3, 0.4) is 0 Å².